The number of nitrogens with two attached hydrogens (primary N) is 1. The first-order valence-corrected chi connectivity index (χ1v) is 12.0. The minimum Gasteiger partial charge on any atom is -0.383 e. The third-order valence-electron chi connectivity index (χ3n) is 7.46. The zero-order valence-corrected chi connectivity index (χ0v) is 20.0. The number of morpholine rings is 1. The van der Waals surface area contributed by atoms with Gasteiger partial charge in [0.1, 0.15) is 11.6 Å². The van der Waals surface area contributed by atoms with E-state index in [1.165, 1.54) is 0 Å². The maximum absolute atomic E-state index is 13.1. The van der Waals surface area contributed by atoms with Crippen LogP contribution in [0.15, 0.2) is 36.8 Å². The summed E-state index contributed by atoms with van der Waals surface area (Å²) in [7, 11) is 0. The molecule has 1 aliphatic carbocycles. The Balaban J connectivity index is 1.30. The second kappa shape index (κ2) is 9.27. The third-order valence-corrected chi connectivity index (χ3v) is 7.46. The molecule has 5 rings (SSSR count). The van der Waals surface area contributed by atoms with Crippen molar-refractivity contribution in [3.8, 4) is 11.3 Å². The van der Waals surface area contributed by atoms with Gasteiger partial charge in [-0.15, -0.1) is 0 Å². The van der Waals surface area contributed by atoms with Gasteiger partial charge in [0, 0.05) is 54.6 Å². The molecule has 2 aliphatic rings. The van der Waals surface area contributed by atoms with Gasteiger partial charge >= 0.3 is 0 Å². The molecule has 0 radical (unpaired) electrons. The number of carbonyl (C=O) groups excluding carboxylic acids is 1. The first-order valence-electron chi connectivity index (χ1n) is 12.0. The first-order chi connectivity index (χ1) is 16.4. The van der Waals surface area contributed by atoms with Gasteiger partial charge in [-0.1, -0.05) is 6.92 Å². The number of anilines is 2. The fourth-order valence-corrected chi connectivity index (χ4v) is 5.22. The summed E-state index contributed by atoms with van der Waals surface area (Å²) in [6, 6.07) is 6.25. The molecule has 4 heterocycles. The zero-order valence-electron chi connectivity index (χ0n) is 20.0. The van der Waals surface area contributed by atoms with Gasteiger partial charge in [-0.3, -0.25) is 14.7 Å². The Morgan fingerprint density at radius 3 is 2.85 bits per heavy atom. The Kier molecular flexibility index (Phi) is 6.18. The SMILES string of the molecule is Cc1ccncc1-c1cc2cc(NC(=O)C3C(C)C3CC(C)N3CCOCC3)ncc2c(N)n1. The molecular formula is C26H32N6O2. The molecule has 3 N–H and O–H groups in total. The summed E-state index contributed by atoms with van der Waals surface area (Å²) in [5.41, 5.74) is 8.99. The van der Waals surface area contributed by atoms with Crippen LogP contribution >= 0.6 is 0 Å². The molecule has 8 nitrogen and oxygen atoms in total. The lowest BCUT2D eigenvalue weighted by molar-refractivity contribution is -0.117. The quantitative estimate of drug-likeness (QED) is 0.580. The van der Waals surface area contributed by atoms with Crippen molar-refractivity contribution in [2.24, 2.45) is 17.8 Å². The number of pyridine rings is 3. The van der Waals surface area contributed by atoms with Crippen molar-refractivity contribution in [2.45, 2.75) is 33.2 Å². The van der Waals surface area contributed by atoms with E-state index in [9.17, 15) is 4.79 Å². The van der Waals surface area contributed by atoms with Gasteiger partial charge in [0.25, 0.3) is 0 Å². The molecule has 0 aromatic carbocycles. The van der Waals surface area contributed by atoms with E-state index in [1.807, 2.05) is 25.1 Å². The zero-order chi connectivity index (χ0) is 23.8. The number of rotatable bonds is 6. The van der Waals surface area contributed by atoms with Gasteiger partial charge in [0.05, 0.1) is 18.9 Å². The van der Waals surface area contributed by atoms with Crippen LogP contribution in [-0.4, -0.2) is 58.1 Å². The number of nitrogens with zero attached hydrogens (tertiary/aromatic N) is 4. The highest BCUT2D eigenvalue weighted by Crippen LogP contribution is 2.49. The number of carbonyl (C=O) groups is 1. The van der Waals surface area contributed by atoms with Crippen LogP contribution in [0.5, 0.6) is 0 Å². The van der Waals surface area contributed by atoms with E-state index in [2.05, 4.69) is 39.0 Å². The number of hydrogen-bond donors (Lipinski definition) is 2. The Hall–Kier alpha value is -3.10. The fraction of sp³-hybridized carbons (Fsp3) is 0.462. The van der Waals surface area contributed by atoms with Gasteiger partial charge in [-0.2, -0.15) is 0 Å². The second-order valence-corrected chi connectivity index (χ2v) is 9.65. The minimum absolute atomic E-state index is 0.0251. The van der Waals surface area contributed by atoms with Crippen LogP contribution in [-0.2, 0) is 9.53 Å². The van der Waals surface area contributed by atoms with Gasteiger partial charge < -0.3 is 15.8 Å². The lowest BCUT2D eigenvalue weighted by Gasteiger charge is -2.32. The molecule has 3 aromatic rings. The minimum atomic E-state index is 0.0251. The van der Waals surface area contributed by atoms with Gasteiger partial charge in [-0.25, -0.2) is 9.97 Å². The van der Waals surface area contributed by atoms with E-state index in [0.29, 0.717) is 29.5 Å². The smallest absolute Gasteiger partial charge is 0.229 e. The van der Waals surface area contributed by atoms with Crippen molar-refractivity contribution in [1.29, 1.82) is 0 Å². The fourth-order valence-electron chi connectivity index (χ4n) is 5.22. The van der Waals surface area contributed by atoms with Crippen molar-refractivity contribution in [3.63, 3.8) is 0 Å². The monoisotopic (exact) mass is 460 g/mol. The highest BCUT2D eigenvalue weighted by atomic mass is 16.5. The van der Waals surface area contributed by atoms with Crippen molar-refractivity contribution in [1.82, 2.24) is 19.9 Å². The Morgan fingerprint density at radius 1 is 1.29 bits per heavy atom. The van der Waals surface area contributed by atoms with Crippen LogP contribution in [0.25, 0.3) is 22.0 Å². The summed E-state index contributed by atoms with van der Waals surface area (Å²) in [6.45, 7) is 9.98. The number of hydrogen-bond acceptors (Lipinski definition) is 7. The third kappa shape index (κ3) is 4.48. The predicted octanol–water partition coefficient (Wildman–Crippen LogP) is 3.51. The molecule has 3 aromatic heterocycles. The molecule has 1 aliphatic heterocycles. The van der Waals surface area contributed by atoms with Crippen LogP contribution in [0.2, 0.25) is 0 Å². The Bertz CT molecular complexity index is 1210. The molecule has 1 amide bonds. The summed E-state index contributed by atoms with van der Waals surface area (Å²) in [4.78, 5) is 28.7. The van der Waals surface area contributed by atoms with E-state index < -0.39 is 0 Å². The van der Waals surface area contributed by atoms with Crippen LogP contribution < -0.4 is 11.1 Å². The van der Waals surface area contributed by atoms with E-state index in [4.69, 9.17) is 10.5 Å². The highest BCUT2D eigenvalue weighted by Gasteiger charge is 2.52. The molecule has 2 fully saturated rings. The van der Waals surface area contributed by atoms with E-state index in [-0.39, 0.29) is 11.8 Å². The van der Waals surface area contributed by atoms with E-state index in [0.717, 1.165) is 60.3 Å². The molecule has 178 valence electrons. The maximum atomic E-state index is 13.1. The van der Waals surface area contributed by atoms with Gasteiger partial charge in [-0.05, 0) is 61.3 Å². The molecule has 1 saturated carbocycles. The number of aryl methyl sites for hydroxylation is 1. The summed E-state index contributed by atoms with van der Waals surface area (Å²) < 4.78 is 5.47. The maximum Gasteiger partial charge on any atom is 0.229 e. The van der Waals surface area contributed by atoms with Crippen molar-refractivity contribution in [2.75, 3.05) is 37.4 Å². The van der Waals surface area contributed by atoms with Crippen LogP contribution in [0.3, 0.4) is 0 Å². The average molecular weight is 461 g/mol. The largest absolute Gasteiger partial charge is 0.383 e. The van der Waals surface area contributed by atoms with Crippen LogP contribution in [0.4, 0.5) is 11.6 Å². The van der Waals surface area contributed by atoms with Crippen LogP contribution in [0.1, 0.15) is 25.8 Å². The van der Waals surface area contributed by atoms with Gasteiger partial charge in [0.15, 0.2) is 0 Å². The molecule has 34 heavy (non-hydrogen) atoms. The number of aromatic nitrogens is 3. The van der Waals surface area contributed by atoms with Crippen LogP contribution in [0, 0.1) is 24.7 Å². The summed E-state index contributed by atoms with van der Waals surface area (Å²) in [5.74, 6) is 1.80. The molecule has 4 unspecified atom stereocenters. The summed E-state index contributed by atoms with van der Waals surface area (Å²) >= 11 is 0. The topological polar surface area (TPSA) is 106 Å². The molecule has 1 saturated heterocycles. The predicted molar refractivity (Wildman–Crippen MR) is 133 cm³/mol. The normalized spacial score (nSPS) is 23.6. The number of amides is 1. The van der Waals surface area contributed by atoms with Crippen molar-refractivity contribution >= 4 is 28.3 Å². The average Bonchev–Trinajstić information content (AvgIpc) is 3.48. The first kappa shape index (κ1) is 22.7. The molecular weight excluding hydrogens is 428 g/mol. The summed E-state index contributed by atoms with van der Waals surface area (Å²) in [6.07, 6.45) is 6.26. The number of fused-ring (bicyclic) bond motifs is 1. The lowest BCUT2D eigenvalue weighted by atomic mass is 10.1. The van der Waals surface area contributed by atoms with Crippen molar-refractivity contribution in [3.05, 3.63) is 42.4 Å². The second-order valence-electron chi connectivity index (χ2n) is 9.65. The molecule has 4 atom stereocenters. The summed E-state index contributed by atoms with van der Waals surface area (Å²) in [5, 5.41) is 4.69. The van der Waals surface area contributed by atoms with Crippen molar-refractivity contribution < 1.29 is 9.53 Å². The van der Waals surface area contributed by atoms with E-state index >= 15 is 0 Å². The standard InChI is InChI=1S/C26H32N6O2/c1-15-4-5-28-13-20(15)22-11-18-12-23(29-14-21(18)25(27)30-22)31-26(33)24-17(3)19(24)10-16(2)32-6-8-34-9-7-32/h4-5,11-14,16-17,19,24H,6-10H2,1-3H3,(H2,27,30)(H,29,31,33). The van der Waals surface area contributed by atoms with Gasteiger partial charge in [0.2, 0.25) is 5.91 Å². The molecule has 0 spiro atoms. The molecule has 8 heteroatoms. The lowest BCUT2D eigenvalue weighted by Crippen LogP contribution is -2.42. The highest BCUT2D eigenvalue weighted by molar-refractivity contribution is 5.98. The number of nitrogens with one attached hydrogen (secondary N) is 1. The number of ether oxygens (including phenoxy) is 1. The Labute approximate surface area is 199 Å². The Morgan fingerprint density at radius 2 is 2.09 bits per heavy atom. The van der Waals surface area contributed by atoms with E-state index in [1.54, 1.807) is 18.6 Å². The number of nitrogen functional groups attached to an aromatic ring is 1. The molecule has 0 bridgehead atoms.